The number of aryl methyl sites for hydroxylation is 1. The van der Waals surface area contributed by atoms with Gasteiger partial charge in [0.2, 0.25) is 5.91 Å². The number of para-hydroxylation sites is 2. The molecular formula is C25H28N4O3. The number of likely N-dealkylation sites (tertiary alicyclic amines) is 1. The summed E-state index contributed by atoms with van der Waals surface area (Å²) in [6.45, 7) is 1.98. The van der Waals surface area contributed by atoms with E-state index >= 15 is 0 Å². The zero-order valence-electron chi connectivity index (χ0n) is 18.3. The average molecular weight is 433 g/mol. The number of rotatable bonds is 4. The third-order valence-corrected chi connectivity index (χ3v) is 6.68. The topological polar surface area (TPSA) is 87.3 Å². The van der Waals surface area contributed by atoms with Crippen molar-refractivity contribution in [1.82, 2.24) is 20.2 Å². The standard InChI is InChI=1S/C25H28N4O3/c1-29-14-12-25(13-15-29)16-20(17-6-3-5-9-21(17)32-25)27-23(30)11-10-22-26-19-8-4-2-7-18(19)24(31)28-22/h2-9,20H,10-16H2,1H3,(H,27,30)(H,26,28,31)/t20-/m1/s1. The summed E-state index contributed by atoms with van der Waals surface area (Å²) in [5.41, 5.74) is 1.27. The van der Waals surface area contributed by atoms with E-state index in [4.69, 9.17) is 4.74 Å². The van der Waals surface area contributed by atoms with E-state index in [0.717, 1.165) is 43.7 Å². The minimum Gasteiger partial charge on any atom is -0.487 e. The summed E-state index contributed by atoms with van der Waals surface area (Å²) in [5.74, 6) is 1.35. The molecule has 0 aliphatic carbocycles. The Bertz CT molecular complexity index is 1200. The number of nitrogens with zero attached hydrogens (tertiary/aromatic N) is 2. The molecular weight excluding hydrogens is 404 g/mol. The Morgan fingerprint density at radius 3 is 2.78 bits per heavy atom. The molecule has 1 amide bonds. The molecule has 0 saturated carbocycles. The van der Waals surface area contributed by atoms with E-state index in [0.29, 0.717) is 23.1 Å². The van der Waals surface area contributed by atoms with Crippen LogP contribution < -0.4 is 15.6 Å². The lowest BCUT2D eigenvalue weighted by Crippen LogP contribution is -2.51. The molecule has 1 atom stereocenters. The van der Waals surface area contributed by atoms with Crippen LogP contribution in [-0.2, 0) is 11.2 Å². The fourth-order valence-electron chi connectivity index (χ4n) is 4.83. The van der Waals surface area contributed by atoms with Gasteiger partial charge >= 0.3 is 0 Å². The molecule has 5 rings (SSSR count). The lowest BCUT2D eigenvalue weighted by molar-refractivity contribution is -0.122. The number of nitrogens with one attached hydrogen (secondary N) is 2. The van der Waals surface area contributed by atoms with Crippen molar-refractivity contribution in [1.29, 1.82) is 0 Å². The van der Waals surface area contributed by atoms with Gasteiger partial charge in [0.15, 0.2) is 0 Å². The number of piperidine rings is 1. The number of fused-ring (bicyclic) bond motifs is 2. The molecule has 2 aromatic carbocycles. The van der Waals surface area contributed by atoms with Crippen LogP contribution in [-0.4, -0.2) is 46.5 Å². The van der Waals surface area contributed by atoms with Crippen LogP contribution in [0.3, 0.4) is 0 Å². The third-order valence-electron chi connectivity index (χ3n) is 6.68. The Morgan fingerprint density at radius 1 is 1.19 bits per heavy atom. The number of aromatic nitrogens is 2. The first-order valence-electron chi connectivity index (χ1n) is 11.3. The van der Waals surface area contributed by atoms with Gasteiger partial charge in [0.05, 0.1) is 16.9 Å². The van der Waals surface area contributed by atoms with Crippen molar-refractivity contribution in [2.75, 3.05) is 20.1 Å². The van der Waals surface area contributed by atoms with Gasteiger partial charge in [-0.3, -0.25) is 9.59 Å². The highest BCUT2D eigenvalue weighted by molar-refractivity contribution is 5.78. The predicted octanol–water partition coefficient (Wildman–Crippen LogP) is 2.96. The minimum atomic E-state index is -0.232. The molecule has 2 N–H and O–H groups in total. The zero-order valence-corrected chi connectivity index (χ0v) is 18.3. The van der Waals surface area contributed by atoms with E-state index in [1.54, 1.807) is 6.07 Å². The van der Waals surface area contributed by atoms with Crippen molar-refractivity contribution < 1.29 is 9.53 Å². The van der Waals surface area contributed by atoms with Crippen LogP contribution in [0.1, 0.15) is 43.1 Å². The summed E-state index contributed by atoms with van der Waals surface area (Å²) >= 11 is 0. The number of carbonyl (C=O) groups is 1. The van der Waals surface area contributed by atoms with Gasteiger partial charge < -0.3 is 19.9 Å². The van der Waals surface area contributed by atoms with Crippen LogP contribution in [0.2, 0.25) is 0 Å². The maximum absolute atomic E-state index is 12.9. The molecule has 1 fully saturated rings. The summed E-state index contributed by atoms with van der Waals surface area (Å²) in [4.78, 5) is 34.8. The predicted molar refractivity (Wildman–Crippen MR) is 123 cm³/mol. The molecule has 0 unspecified atom stereocenters. The maximum Gasteiger partial charge on any atom is 0.258 e. The number of H-pyrrole nitrogens is 1. The molecule has 3 aromatic rings. The summed E-state index contributed by atoms with van der Waals surface area (Å²) in [5, 5.41) is 3.79. The van der Waals surface area contributed by atoms with Gasteiger partial charge in [-0.15, -0.1) is 0 Å². The smallest absolute Gasteiger partial charge is 0.258 e. The molecule has 2 aliphatic heterocycles. The van der Waals surface area contributed by atoms with Crippen molar-refractivity contribution in [3.8, 4) is 5.75 Å². The molecule has 0 bridgehead atoms. The van der Waals surface area contributed by atoms with Crippen molar-refractivity contribution in [3.63, 3.8) is 0 Å². The molecule has 166 valence electrons. The summed E-state index contributed by atoms with van der Waals surface area (Å²) in [6, 6.07) is 15.1. The molecule has 0 radical (unpaired) electrons. The molecule has 1 spiro atoms. The number of hydrogen-bond donors (Lipinski definition) is 2. The summed E-state index contributed by atoms with van der Waals surface area (Å²) in [7, 11) is 2.13. The maximum atomic E-state index is 12.9. The fourth-order valence-corrected chi connectivity index (χ4v) is 4.83. The Balaban J connectivity index is 1.29. The molecule has 2 aliphatic rings. The normalized spacial score (nSPS) is 20.0. The Labute approximate surface area is 186 Å². The minimum absolute atomic E-state index is 0.0504. The van der Waals surface area contributed by atoms with Gasteiger partial charge in [-0.2, -0.15) is 0 Å². The number of carbonyl (C=O) groups excluding carboxylic acids is 1. The van der Waals surface area contributed by atoms with E-state index in [1.165, 1.54) is 0 Å². The van der Waals surface area contributed by atoms with E-state index in [2.05, 4.69) is 27.2 Å². The van der Waals surface area contributed by atoms with E-state index in [-0.39, 0.29) is 29.5 Å². The van der Waals surface area contributed by atoms with Gasteiger partial charge in [0.25, 0.3) is 5.56 Å². The van der Waals surface area contributed by atoms with Crippen LogP contribution in [0.5, 0.6) is 5.75 Å². The van der Waals surface area contributed by atoms with Gasteiger partial charge in [0, 0.05) is 37.9 Å². The number of benzene rings is 2. The largest absolute Gasteiger partial charge is 0.487 e. The van der Waals surface area contributed by atoms with Crippen LogP contribution in [0.25, 0.3) is 10.9 Å². The second-order valence-corrected chi connectivity index (χ2v) is 8.98. The first kappa shape index (κ1) is 20.7. The lowest BCUT2D eigenvalue weighted by Gasteiger charge is -2.46. The summed E-state index contributed by atoms with van der Waals surface area (Å²) < 4.78 is 6.48. The van der Waals surface area contributed by atoms with Crippen molar-refractivity contribution >= 4 is 16.8 Å². The van der Waals surface area contributed by atoms with Gasteiger partial charge in [-0.05, 0) is 38.1 Å². The zero-order chi connectivity index (χ0) is 22.1. The van der Waals surface area contributed by atoms with Crippen molar-refractivity contribution in [2.24, 2.45) is 0 Å². The Hall–Kier alpha value is -3.19. The molecule has 7 nitrogen and oxygen atoms in total. The van der Waals surface area contributed by atoms with Crippen LogP contribution in [0.4, 0.5) is 0 Å². The monoisotopic (exact) mass is 432 g/mol. The van der Waals surface area contributed by atoms with Gasteiger partial charge in [0.1, 0.15) is 17.2 Å². The van der Waals surface area contributed by atoms with Crippen LogP contribution >= 0.6 is 0 Å². The molecule has 1 saturated heterocycles. The highest BCUT2D eigenvalue weighted by Crippen LogP contribution is 2.44. The van der Waals surface area contributed by atoms with Gasteiger partial charge in [-0.25, -0.2) is 4.98 Å². The second kappa shape index (κ2) is 8.39. The molecule has 1 aromatic heterocycles. The van der Waals surface area contributed by atoms with E-state index in [9.17, 15) is 9.59 Å². The van der Waals surface area contributed by atoms with Crippen LogP contribution in [0.15, 0.2) is 53.3 Å². The van der Waals surface area contributed by atoms with E-state index < -0.39 is 0 Å². The van der Waals surface area contributed by atoms with Crippen LogP contribution in [0, 0.1) is 0 Å². The van der Waals surface area contributed by atoms with Crippen molar-refractivity contribution in [2.45, 2.75) is 43.7 Å². The number of amides is 1. The first-order valence-corrected chi connectivity index (χ1v) is 11.3. The third kappa shape index (κ3) is 4.12. The quantitative estimate of drug-likeness (QED) is 0.662. The van der Waals surface area contributed by atoms with Gasteiger partial charge in [-0.1, -0.05) is 30.3 Å². The second-order valence-electron chi connectivity index (χ2n) is 8.98. The highest BCUT2D eigenvalue weighted by Gasteiger charge is 2.43. The highest BCUT2D eigenvalue weighted by atomic mass is 16.5. The van der Waals surface area contributed by atoms with E-state index in [1.807, 2.05) is 42.5 Å². The Kier molecular flexibility index (Phi) is 5.43. The number of hydrogen-bond acceptors (Lipinski definition) is 5. The lowest BCUT2D eigenvalue weighted by atomic mass is 9.80. The Morgan fingerprint density at radius 2 is 1.94 bits per heavy atom. The van der Waals surface area contributed by atoms with Crippen molar-refractivity contribution in [3.05, 3.63) is 70.3 Å². The fraction of sp³-hybridized carbons (Fsp3) is 0.400. The number of aromatic amines is 1. The summed E-state index contributed by atoms with van der Waals surface area (Å²) in [6.07, 6.45) is 3.32. The first-order chi connectivity index (χ1) is 15.5. The number of ether oxygens (including phenoxy) is 1. The average Bonchev–Trinajstić information content (AvgIpc) is 2.80. The molecule has 7 heteroatoms. The molecule has 32 heavy (non-hydrogen) atoms. The SMILES string of the molecule is CN1CCC2(CC1)C[C@@H](NC(=O)CCc1nc3ccccc3c(=O)[nH]1)c1ccccc1O2. The molecule has 3 heterocycles.